The summed E-state index contributed by atoms with van der Waals surface area (Å²) in [4.78, 5) is 0. The summed E-state index contributed by atoms with van der Waals surface area (Å²) in [5.41, 5.74) is 2.20. The van der Waals surface area contributed by atoms with Gasteiger partial charge in [0, 0.05) is 12.1 Å². The molecule has 0 radical (unpaired) electrons. The number of hydrogen-bond acceptors (Lipinski definition) is 2. The van der Waals surface area contributed by atoms with Crippen LogP contribution in [-0.2, 0) is 13.1 Å². The van der Waals surface area contributed by atoms with Crippen LogP contribution in [0, 0.1) is 10.6 Å². The van der Waals surface area contributed by atoms with Crippen LogP contribution in [-0.4, -0.2) is 19.6 Å². The van der Waals surface area contributed by atoms with Crippen molar-refractivity contribution in [2.24, 2.45) is 0 Å². The lowest BCUT2D eigenvalue weighted by atomic mass is 10.4. The number of aromatic nitrogens is 4. The highest BCUT2D eigenvalue weighted by Gasteiger charge is 2.09. The molecule has 0 aliphatic carbocycles. The van der Waals surface area contributed by atoms with Crippen molar-refractivity contribution in [2.75, 3.05) is 0 Å². The van der Waals surface area contributed by atoms with Gasteiger partial charge in [0.05, 0.1) is 22.1 Å². The molecule has 6 heteroatoms. The molecular formula is C10H12BrIN4. The molecule has 0 saturated heterocycles. The van der Waals surface area contributed by atoms with Gasteiger partial charge >= 0.3 is 0 Å². The average Bonchev–Trinajstić information content (AvgIpc) is 2.73. The summed E-state index contributed by atoms with van der Waals surface area (Å²) in [5, 5.41) is 8.73. The molecule has 0 spiro atoms. The van der Waals surface area contributed by atoms with E-state index < -0.39 is 0 Å². The minimum Gasteiger partial charge on any atom is -0.258 e. The monoisotopic (exact) mass is 394 g/mol. The Morgan fingerprint density at radius 3 is 2.69 bits per heavy atom. The van der Waals surface area contributed by atoms with E-state index in [9.17, 15) is 0 Å². The Morgan fingerprint density at radius 2 is 2.19 bits per heavy atom. The van der Waals surface area contributed by atoms with Gasteiger partial charge in [0.15, 0.2) is 0 Å². The lowest BCUT2D eigenvalue weighted by Gasteiger charge is -2.02. The second-order valence-electron chi connectivity index (χ2n) is 3.54. The predicted molar refractivity (Wildman–Crippen MR) is 74.4 cm³/mol. The van der Waals surface area contributed by atoms with Gasteiger partial charge in [-0.2, -0.15) is 10.2 Å². The van der Waals surface area contributed by atoms with Gasteiger partial charge in [-0.1, -0.05) is 0 Å². The van der Waals surface area contributed by atoms with Crippen molar-refractivity contribution >= 4 is 38.5 Å². The quantitative estimate of drug-likeness (QED) is 0.750. The predicted octanol–water partition coefficient (Wildman–Crippen LogP) is 2.82. The molecule has 0 saturated carbocycles. The van der Waals surface area contributed by atoms with Crippen molar-refractivity contribution in [3.05, 3.63) is 31.8 Å². The van der Waals surface area contributed by atoms with E-state index in [2.05, 4.69) is 61.7 Å². The molecule has 0 N–H and O–H groups in total. The topological polar surface area (TPSA) is 35.6 Å². The fourth-order valence-electron chi connectivity index (χ4n) is 1.52. The van der Waals surface area contributed by atoms with E-state index in [1.807, 2.05) is 22.5 Å². The number of nitrogens with zero attached hydrogens (tertiary/aromatic N) is 4. The van der Waals surface area contributed by atoms with Crippen LogP contribution in [0.2, 0.25) is 0 Å². The van der Waals surface area contributed by atoms with Crippen molar-refractivity contribution in [1.82, 2.24) is 19.6 Å². The smallest absolute Gasteiger partial charge is 0.109 e. The molecule has 0 aliphatic rings. The lowest BCUT2D eigenvalue weighted by molar-refractivity contribution is 0.635. The van der Waals surface area contributed by atoms with Crippen LogP contribution < -0.4 is 0 Å². The average molecular weight is 395 g/mol. The zero-order valence-corrected chi connectivity index (χ0v) is 12.9. The van der Waals surface area contributed by atoms with Gasteiger partial charge in [-0.25, -0.2) is 0 Å². The molecule has 16 heavy (non-hydrogen) atoms. The highest BCUT2D eigenvalue weighted by Crippen LogP contribution is 2.18. The summed E-state index contributed by atoms with van der Waals surface area (Å²) in [7, 11) is 0. The third-order valence-electron chi connectivity index (χ3n) is 2.32. The molecule has 2 rings (SSSR count). The lowest BCUT2D eigenvalue weighted by Crippen LogP contribution is -2.04. The minimum atomic E-state index is 0.757. The first-order valence-corrected chi connectivity index (χ1v) is 6.89. The Hall–Kier alpha value is -0.370. The van der Waals surface area contributed by atoms with Gasteiger partial charge in [0.1, 0.15) is 4.60 Å². The second kappa shape index (κ2) is 4.87. The van der Waals surface area contributed by atoms with Gasteiger partial charge in [0.2, 0.25) is 0 Å². The first-order chi connectivity index (χ1) is 7.61. The highest BCUT2D eigenvalue weighted by atomic mass is 127. The molecule has 0 amide bonds. The Balaban J connectivity index is 2.27. The second-order valence-corrected chi connectivity index (χ2v) is 5.40. The molecule has 2 heterocycles. The Bertz CT molecular complexity index is 503. The van der Waals surface area contributed by atoms with Crippen LogP contribution in [0.25, 0.3) is 0 Å². The highest BCUT2D eigenvalue weighted by molar-refractivity contribution is 14.1. The van der Waals surface area contributed by atoms with E-state index in [0.29, 0.717) is 0 Å². The summed E-state index contributed by atoms with van der Waals surface area (Å²) in [6, 6.07) is 2.07. The summed E-state index contributed by atoms with van der Waals surface area (Å²) < 4.78 is 6.10. The van der Waals surface area contributed by atoms with Crippen molar-refractivity contribution < 1.29 is 0 Å². The van der Waals surface area contributed by atoms with Crippen LogP contribution >= 0.6 is 38.5 Å². The van der Waals surface area contributed by atoms with E-state index in [1.165, 1.54) is 0 Å². The van der Waals surface area contributed by atoms with Crippen molar-refractivity contribution in [2.45, 2.75) is 26.9 Å². The molecule has 0 unspecified atom stereocenters. The van der Waals surface area contributed by atoms with Crippen molar-refractivity contribution in [3.8, 4) is 0 Å². The fraction of sp³-hybridized carbons (Fsp3) is 0.400. The van der Waals surface area contributed by atoms with E-state index in [-0.39, 0.29) is 0 Å². The van der Waals surface area contributed by atoms with Crippen LogP contribution in [0.5, 0.6) is 0 Å². The molecule has 2 aromatic heterocycles. The zero-order valence-electron chi connectivity index (χ0n) is 9.11. The van der Waals surface area contributed by atoms with E-state index >= 15 is 0 Å². The van der Waals surface area contributed by atoms with E-state index in [4.69, 9.17) is 0 Å². The maximum atomic E-state index is 4.43. The Morgan fingerprint density at radius 1 is 1.44 bits per heavy atom. The number of halogens is 2. The molecule has 86 valence electrons. The van der Waals surface area contributed by atoms with Crippen molar-refractivity contribution in [1.29, 1.82) is 0 Å². The Labute approximate surface area is 116 Å². The molecule has 2 aromatic rings. The normalized spacial score (nSPS) is 11.0. The van der Waals surface area contributed by atoms with Gasteiger partial charge in [-0.15, -0.1) is 0 Å². The Kier molecular flexibility index (Phi) is 3.68. The maximum absolute atomic E-state index is 4.43. The van der Waals surface area contributed by atoms with Gasteiger partial charge in [0.25, 0.3) is 0 Å². The third kappa shape index (κ3) is 2.32. The third-order valence-corrected chi connectivity index (χ3v) is 4.10. The SMILES string of the molecule is CCn1ncc(Cn2nc(C)cc2I)c1Br. The van der Waals surface area contributed by atoms with Crippen LogP contribution in [0.4, 0.5) is 0 Å². The maximum Gasteiger partial charge on any atom is 0.109 e. The summed E-state index contributed by atoms with van der Waals surface area (Å²) >= 11 is 5.85. The largest absolute Gasteiger partial charge is 0.258 e. The summed E-state index contributed by atoms with van der Waals surface area (Å²) in [6.07, 6.45) is 1.89. The molecule has 0 bridgehead atoms. The van der Waals surface area contributed by atoms with Crippen LogP contribution in [0.15, 0.2) is 16.9 Å². The summed E-state index contributed by atoms with van der Waals surface area (Å²) in [5.74, 6) is 0. The van der Waals surface area contributed by atoms with E-state index in [1.54, 1.807) is 0 Å². The number of hydrogen-bond donors (Lipinski definition) is 0. The molecule has 0 aliphatic heterocycles. The zero-order chi connectivity index (χ0) is 11.7. The molecule has 0 atom stereocenters. The standard InChI is InChI=1S/C10H12BrIN4/c1-3-15-10(11)8(5-13-15)6-16-9(12)4-7(2)14-16/h4-5H,3,6H2,1-2H3. The van der Waals surface area contributed by atoms with Gasteiger partial charge < -0.3 is 0 Å². The van der Waals surface area contributed by atoms with Crippen LogP contribution in [0.1, 0.15) is 18.2 Å². The molecule has 0 aromatic carbocycles. The number of aryl methyl sites for hydroxylation is 2. The number of rotatable bonds is 3. The van der Waals surface area contributed by atoms with Gasteiger partial charge in [-0.3, -0.25) is 9.36 Å². The van der Waals surface area contributed by atoms with Gasteiger partial charge in [-0.05, 0) is 58.4 Å². The fourth-order valence-corrected chi connectivity index (χ4v) is 2.82. The minimum absolute atomic E-state index is 0.757. The molecule has 0 fully saturated rings. The molecular weight excluding hydrogens is 383 g/mol. The summed E-state index contributed by atoms with van der Waals surface area (Å²) in [6.45, 7) is 5.70. The first-order valence-electron chi connectivity index (χ1n) is 5.02. The molecule has 4 nitrogen and oxygen atoms in total. The van der Waals surface area contributed by atoms with E-state index in [0.717, 1.165) is 32.7 Å². The van der Waals surface area contributed by atoms with Crippen LogP contribution in [0.3, 0.4) is 0 Å². The van der Waals surface area contributed by atoms with Crippen molar-refractivity contribution in [3.63, 3.8) is 0 Å². The first kappa shape index (κ1) is 12.1.